The number of aromatic nitrogens is 1. The van der Waals surface area contributed by atoms with E-state index < -0.39 is 0 Å². The molecule has 0 N–H and O–H groups in total. The van der Waals surface area contributed by atoms with Crippen molar-refractivity contribution in [1.29, 1.82) is 0 Å². The summed E-state index contributed by atoms with van der Waals surface area (Å²) in [5.74, 6) is 0.491. The van der Waals surface area contributed by atoms with E-state index in [0.29, 0.717) is 12.8 Å². The molecule has 1 atom stereocenters. The Hall–Kier alpha value is -1.95. The molecule has 2 amide bonds. The first-order valence-corrected chi connectivity index (χ1v) is 10.2. The fraction of sp³-hybridized carbons (Fsp3) is 0.667. The van der Waals surface area contributed by atoms with Crippen molar-refractivity contribution < 1.29 is 14.3 Å². The summed E-state index contributed by atoms with van der Waals surface area (Å²) < 4.78 is 5.70. The van der Waals surface area contributed by atoms with Crippen LogP contribution in [-0.2, 0) is 20.7 Å². The topological polar surface area (TPSA) is 62.7 Å². The van der Waals surface area contributed by atoms with Crippen LogP contribution in [-0.4, -0.2) is 65.5 Å². The van der Waals surface area contributed by atoms with Crippen molar-refractivity contribution in [2.45, 2.75) is 51.0 Å². The second-order valence-corrected chi connectivity index (χ2v) is 8.32. The normalized spacial score (nSPS) is 24.7. The van der Waals surface area contributed by atoms with Crippen LogP contribution in [0.1, 0.15) is 44.1 Å². The number of rotatable bonds is 5. The Bertz CT molecular complexity index is 665. The number of hydrogen-bond acceptors (Lipinski definition) is 4. The minimum Gasteiger partial charge on any atom is -0.376 e. The Morgan fingerprint density at radius 1 is 1.26 bits per heavy atom. The number of likely N-dealkylation sites (tertiary alicyclic amines) is 2. The highest BCUT2D eigenvalue weighted by molar-refractivity contribution is 5.80. The zero-order valence-corrected chi connectivity index (χ0v) is 15.9. The molecule has 3 saturated heterocycles. The van der Waals surface area contributed by atoms with Crippen LogP contribution < -0.4 is 0 Å². The van der Waals surface area contributed by atoms with E-state index in [1.807, 2.05) is 21.9 Å². The van der Waals surface area contributed by atoms with Crippen molar-refractivity contribution in [3.63, 3.8) is 0 Å². The van der Waals surface area contributed by atoms with Gasteiger partial charge in [0.25, 0.3) is 0 Å². The number of hydrogen-bond donors (Lipinski definition) is 0. The second-order valence-electron chi connectivity index (χ2n) is 8.32. The molecule has 6 heteroatoms. The van der Waals surface area contributed by atoms with Gasteiger partial charge in [0.05, 0.1) is 6.10 Å². The van der Waals surface area contributed by atoms with Crippen LogP contribution in [0, 0.1) is 5.41 Å². The summed E-state index contributed by atoms with van der Waals surface area (Å²) in [7, 11) is 0. The van der Waals surface area contributed by atoms with E-state index in [4.69, 9.17) is 4.74 Å². The fourth-order valence-corrected chi connectivity index (χ4v) is 4.71. The van der Waals surface area contributed by atoms with Crippen LogP contribution in [0.4, 0.5) is 0 Å². The molecule has 4 heterocycles. The highest BCUT2D eigenvalue weighted by Crippen LogP contribution is 2.41. The summed E-state index contributed by atoms with van der Waals surface area (Å²) in [6.07, 6.45) is 9.73. The van der Waals surface area contributed by atoms with Gasteiger partial charge in [0.2, 0.25) is 11.8 Å². The van der Waals surface area contributed by atoms with Crippen molar-refractivity contribution in [1.82, 2.24) is 14.8 Å². The first kappa shape index (κ1) is 18.4. The maximum absolute atomic E-state index is 12.5. The lowest BCUT2D eigenvalue weighted by Gasteiger charge is -2.39. The molecular formula is C21H29N3O3. The van der Waals surface area contributed by atoms with Gasteiger partial charge in [-0.2, -0.15) is 0 Å². The zero-order chi connectivity index (χ0) is 18.7. The van der Waals surface area contributed by atoms with Gasteiger partial charge in [-0.15, -0.1) is 0 Å². The summed E-state index contributed by atoms with van der Waals surface area (Å²) in [6.45, 7) is 3.96. The first-order valence-electron chi connectivity index (χ1n) is 10.2. The quantitative estimate of drug-likeness (QED) is 0.795. The second kappa shape index (κ2) is 7.97. The number of nitrogens with zero attached hydrogens (tertiary/aromatic N) is 3. The summed E-state index contributed by atoms with van der Waals surface area (Å²) in [4.78, 5) is 33.1. The van der Waals surface area contributed by atoms with Crippen LogP contribution in [0.25, 0.3) is 0 Å². The molecule has 146 valence electrons. The molecule has 3 aliphatic rings. The van der Waals surface area contributed by atoms with Crippen LogP contribution in [0.2, 0.25) is 0 Å². The molecule has 0 bridgehead atoms. The van der Waals surface area contributed by atoms with E-state index in [0.717, 1.165) is 70.5 Å². The van der Waals surface area contributed by atoms with Gasteiger partial charge in [-0.25, -0.2) is 0 Å². The Morgan fingerprint density at radius 2 is 2.04 bits per heavy atom. The molecule has 27 heavy (non-hydrogen) atoms. The first-order chi connectivity index (χ1) is 13.1. The van der Waals surface area contributed by atoms with Crippen LogP contribution in [0.15, 0.2) is 24.5 Å². The van der Waals surface area contributed by atoms with Gasteiger partial charge in [-0.05, 0) is 49.8 Å². The zero-order valence-electron chi connectivity index (χ0n) is 15.9. The summed E-state index contributed by atoms with van der Waals surface area (Å²) in [5.41, 5.74) is 1.22. The van der Waals surface area contributed by atoms with Crippen molar-refractivity contribution in [3.05, 3.63) is 30.1 Å². The fourth-order valence-electron chi connectivity index (χ4n) is 4.71. The third kappa shape index (κ3) is 4.32. The molecule has 0 radical (unpaired) electrons. The maximum Gasteiger partial charge on any atom is 0.223 e. The van der Waals surface area contributed by atoms with Crippen molar-refractivity contribution in [3.8, 4) is 0 Å². The molecule has 0 aromatic carbocycles. The van der Waals surface area contributed by atoms with E-state index in [1.54, 1.807) is 12.4 Å². The van der Waals surface area contributed by atoms with Crippen LogP contribution >= 0.6 is 0 Å². The summed E-state index contributed by atoms with van der Waals surface area (Å²) in [6, 6.07) is 3.93. The van der Waals surface area contributed by atoms with Gasteiger partial charge < -0.3 is 14.5 Å². The number of ether oxygens (including phenoxy) is 1. The average molecular weight is 371 g/mol. The lowest BCUT2D eigenvalue weighted by molar-refractivity contribution is -0.133. The predicted octanol–water partition coefficient (Wildman–Crippen LogP) is 2.03. The monoisotopic (exact) mass is 371 g/mol. The van der Waals surface area contributed by atoms with Crippen molar-refractivity contribution in [2.75, 3.05) is 32.8 Å². The number of pyridine rings is 1. The average Bonchev–Trinajstić information content (AvgIpc) is 3.30. The predicted molar refractivity (Wildman–Crippen MR) is 101 cm³/mol. The van der Waals surface area contributed by atoms with Crippen molar-refractivity contribution >= 4 is 11.8 Å². The minimum atomic E-state index is 0.0670. The number of carbonyl (C=O) groups is 2. The third-order valence-electron chi connectivity index (χ3n) is 6.41. The number of aryl methyl sites for hydroxylation is 1. The van der Waals surface area contributed by atoms with Crippen LogP contribution in [0.5, 0.6) is 0 Å². The van der Waals surface area contributed by atoms with Crippen LogP contribution in [0.3, 0.4) is 0 Å². The van der Waals surface area contributed by atoms with E-state index in [2.05, 4.69) is 4.98 Å². The smallest absolute Gasteiger partial charge is 0.223 e. The number of amides is 2. The molecule has 1 aromatic rings. The van der Waals surface area contributed by atoms with Gasteiger partial charge in [-0.1, -0.05) is 0 Å². The Kier molecular flexibility index (Phi) is 5.43. The minimum absolute atomic E-state index is 0.0670. The van der Waals surface area contributed by atoms with E-state index in [9.17, 15) is 9.59 Å². The summed E-state index contributed by atoms with van der Waals surface area (Å²) in [5, 5.41) is 0. The molecule has 1 spiro atoms. The Morgan fingerprint density at radius 3 is 2.74 bits per heavy atom. The summed E-state index contributed by atoms with van der Waals surface area (Å²) >= 11 is 0. The molecule has 1 aromatic heterocycles. The van der Waals surface area contributed by atoms with Gasteiger partial charge in [0, 0.05) is 63.4 Å². The Balaban J connectivity index is 1.25. The molecule has 4 rings (SSSR count). The standard InChI is InChI=1S/C21H29N3O3/c25-19(4-3-17-5-9-22-10-6-17)23-11-7-21(8-12-23)14-20(26)24(16-21)15-18-2-1-13-27-18/h5-6,9-10,18H,1-4,7-8,11-16H2/t18-/m0/s1. The SMILES string of the molecule is O=C(CCc1ccncc1)N1CCC2(CC1)CC(=O)N(C[C@@H]1CCCO1)C2. The Labute approximate surface area is 160 Å². The lowest BCUT2D eigenvalue weighted by Crippen LogP contribution is -2.44. The molecule has 6 nitrogen and oxygen atoms in total. The number of carbonyl (C=O) groups excluding carboxylic acids is 2. The molecular weight excluding hydrogens is 342 g/mol. The van der Waals surface area contributed by atoms with Gasteiger partial charge >= 0.3 is 0 Å². The van der Waals surface area contributed by atoms with Gasteiger partial charge in [-0.3, -0.25) is 14.6 Å². The van der Waals surface area contributed by atoms with Crippen molar-refractivity contribution in [2.24, 2.45) is 5.41 Å². The van der Waals surface area contributed by atoms with E-state index >= 15 is 0 Å². The maximum atomic E-state index is 12.5. The molecule has 3 aliphatic heterocycles. The van der Waals surface area contributed by atoms with E-state index in [1.165, 1.54) is 0 Å². The molecule has 0 saturated carbocycles. The molecule has 3 fully saturated rings. The van der Waals surface area contributed by atoms with Gasteiger partial charge in [0.1, 0.15) is 0 Å². The molecule has 0 aliphatic carbocycles. The highest BCUT2D eigenvalue weighted by Gasteiger charge is 2.45. The molecule has 0 unspecified atom stereocenters. The number of piperidine rings is 1. The van der Waals surface area contributed by atoms with Gasteiger partial charge in [0.15, 0.2) is 0 Å². The highest BCUT2D eigenvalue weighted by atomic mass is 16.5. The third-order valence-corrected chi connectivity index (χ3v) is 6.41. The van der Waals surface area contributed by atoms with E-state index in [-0.39, 0.29) is 23.3 Å². The lowest BCUT2D eigenvalue weighted by atomic mass is 9.77. The largest absolute Gasteiger partial charge is 0.376 e.